The summed E-state index contributed by atoms with van der Waals surface area (Å²) >= 11 is 0. The fourth-order valence-electron chi connectivity index (χ4n) is 1.99. The number of hydrogen-bond acceptors (Lipinski definition) is 5. The van der Waals surface area contributed by atoms with Crippen LogP contribution in [0.15, 0.2) is 18.2 Å². The zero-order valence-electron chi connectivity index (χ0n) is 11.7. The van der Waals surface area contributed by atoms with Gasteiger partial charge in [0.15, 0.2) is 11.5 Å². The summed E-state index contributed by atoms with van der Waals surface area (Å²) in [7, 11) is 3.22. The third kappa shape index (κ3) is 2.42. The summed E-state index contributed by atoms with van der Waals surface area (Å²) in [4.78, 5) is 4.64. The number of fused-ring (bicyclic) bond motifs is 1. The summed E-state index contributed by atoms with van der Waals surface area (Å²) in [6.07, 6.45) is 0. The molecule has 2 rings (SSSR count). The highest BCUT2D eigenvalue weighted by Gasteiger charge is 2.12. The van der Waals surface area contributed by atoms with Crippen molar-refractivity contribution in [2.45, 2.75) is 19.8 Å². The van der Waals surface area contributed by atoms with Crippen LogP contribution >= 0.6 is 0 Å². The first-order valence-corrected chi connectivity index (χ1v) is 6.14. The van der Waals surface area contributed by atoms with E-state index in [1.54, 1.807) is 14.2 Å². The molecule has 0 aliphatic carbocycles. The summed E-state index contributed by atoms with van der Waals surface area (Å²) in [5.41, 5.74) is 5.36. The molecule has 0 aliphatic rings. The Bertz CT molecular complexity index is 597. The topological polar surface area (TPSA) is 69.4 Å². The molecule has 102 valence electrons. The molecule has 0 amide bonds. The lowest BCUT2D eigenvalue weighted by atomic mass is 10.1. The summed E-state index contributed by atoms with van der Waals surface area (Å²) < 4.78 is 10.6. The summed E-state index contributed by atoms with van der Waals surface area (Å²) in [5.74, 6) is 7.24. The van der Waals surface area contributed by atoms with Gasteiger partial charge in [-0.15, -0.1) is 0 Å². The number of aromatic nitrogens is 1. The molecule has 3 N–H and O–H groups in total. The van der Waals surface area contributed by atoms with Gasteiger partial charge in [0, 0.05) is 17.1 Å². The molecule has 0 saturated heterocycles. The van der Waals surface area contributed by atoms with Crippen LogP contribution in [0.2, 0.25) is 0 Å². The number of nitrogens with one attached hydrogen (secondary N) is 1. The van der Waals surface area contributed by atoms with Crippen LogP contribution in [0.25, 0.3) is 10.9 Å². The number of ether oxygens (including phenoxy) is 2. The van der Waals surface area contributed by atoms with Gasteiger partial charge in [-0.3, -0.25) is 10.8 Å². The Hall–Kier alpha value is -2.01. The molecule has 0 atom stereocenters. The first kappa shape index (κ1) is 13.4. The van der Waals surface area contributed by atoms with Crippen LogP contribution in [0.1, 0.15) is 25.5 Å². The highest BCUT2D eigenvalue weighted by molar-refractivity contribution is 5.93. The van der Waals surface area contributed by atoms with Crippen molar-refractivity contribution in [2.75, 3.05) is 19.6 Å². The standard InChI is InChI=1S/C14H19N3O2/c1-8(2)10-6-12(17-15)9-5-13(18-3)14(19-4)7-11(9)16-10/h5-8H,15H2,1-4H3,(H,16,17). The van der Waals surface area contributed by atoms with Crippen molar-refractivity contribution in [2.24, 2.45) is 5.84 Å². The van der Waals surface area contributed by atoms with E-state index in [0.717, 1.165) is 22.3 Å². The maximum atomic E-state index is 5.60. The summed E-state index contributed by atoms with van der Waals surface area (Å²) in [6, 6.07) is 5.69. The molecule has 0 aliphatic heterocycles. The van der Waals surface area contributed by atoms with E-state index in [0.29, 0.717) is 17.4 Å². The maximum absolute atomic E-state index is 5.60. The van der Waals surface area contributed by atoms with E-state index in [-0.39, 0.29) is 0 Å². The minimum atomic E-state index is 0.324. The zero-order chi connectivity index (χ0) is 14.0. The van der Waals surface area contributed by atoms with Gasteiger partial charge in [0.05, 0.1) is 25.4 Å². The second-order valence-corrected chi connectivity index (χ2v) is 4.62. The molecule has 1 aromatic carbocycles. The fourth-order valence-corrected chi connectivity index (χ4v) is 1.99. The number of anilines is 1. The molecule has 5 nitrogen and oxygen atoms in total. The molecule has 5 heteroatoms. The number of hydrazine groups is 1. The van der Waals surface area contributed by atoms with Crippen molar-refractivity contribution in [3.63, 3.8) is 0 Å². The van der Waals surface area contributed by atoms with Crippen LogP contribution in [-0.2, 0) is 0 Å². The van der Waals surface area contributed by atoms with Gasteiger partial charge in [0.1, 0.15) is 0 Å². The second-order valence-electron chi connectivity index (χ2n) is 4.62. The molecule has 0 radical (unpaired) electrons. The Morgan fingerprint density at radius 1 is 1.11 bits per heavy atom. The van der Waals surface area contributed by atoms with Crippen LogP contribution in [0.5, 0.6) is 11.5 Å². The van der Waals surface area contributed by atoms with Crippen molar-refractivity contribution in [3.8, 4) is 11.5 Å². The first-order valence-electron chi connectivity index (χ1n) is 6.14. The highest BCUT2D eigenvalue weighted by Crippen LogP contribution is 2.35. The van der Waals surface area contributed by atoms with E-state index in [9.17, 15) is 0 Å². The molecule has 0 fully saturated rings. The molecule has 1 heterocycles. The molecule has 0 saturated carbocycles. The molecule has 0 bridgehead atoms. The number of benzene rings is 1. The number of pyridine rings is 1. The molecular formula is C14H19N3O2. The lowest BCUT2D eigenvalue weighted by Crippen LogP contribution is -2.09. The third-order valence-corrected chi connectivity index (χ3v) is 3.08. The fraction of sp³-hybridized carbons (Fsp3) is 0.357. The number of hydrogen-bond donors (Lipinski definition) is 2. The average molecular weight is 261 g/mol. The quantitative estimate of drug-likeness (QED) is 0.654. The number of nitrogen functional groups attached to an aromatic ring is 1. The number of methoxy groups -OCH3 is 2. The largest absolute Gasteiger partial charge is 0.493 e. The van der Waals surface area contributed by atoms with Gasteiger partial charge in [-0.25, -0.2) is 0 Å². The number of rotatable bonds is 4. The predicted molar refractivity (Wildman–Crippen MR) is 76.7 cm³/mol. The molecule has 2 aromatic rings. The summed E-state index contributed by atoms with van der Waals surface area (Å²) in [5, 5.41) is 0.907. The Kier molecular flexibility index (Phi) is 3.76. The monoisotopic (exact) mass is 261 g/mol. The lowest BCUT2D eigenvalue weighted by molar-refractivity contribution is 0.356. The molecule has 19 heavy (non-hydrogen) atoms. The van der Waals surface area contributed by atoms with Crippen LogP contribution in [0.3, 0.4) is 0 Å². The van der Waals surface area contributed by atoms with E-state index in [1.165, 1.54) is 0 Å². The normalized spacial score (nSPS) is 10.8. The van der Waals surface area contributed by atoms with E-state index < -0.39 is 0 Å². The highest BCUT2D eigenvalue weighted by atomic mass is 16.5. The van der Waals surface area contributed by atoms with E-state index >= 15 is 0 Å². The van der Waals surface area contributed by atoms with Crippen molar-refractivity contribution < 1.29 is 9.47 Å². The van der Waals surface area contributed by atoms with Crippen LogP contribution in [0.4, 0.5) is 5.69 Å². The van der Waals surface area contributed by atoms with Gasteiger partial charge in [0.2, 0.25) is 0 Å². The lowest BCUT2D eigenvalue weighted by Gasteiger charge is -2.14. The maximum Gasteiger partial charge on any atom is 0.162 e. The van der Waals surface area contributed by atoms with Crippen molar-refractivity contribution in [3.05, 3.63) is 23.9 Å². The summed E-state index contributed by atoms with van der Waals surface area (Å²) in [6.45, 7) is 4.18. The Morgan fingerprint density at radius 3 is 2.26 bits per heavy atom. The minimum absolute atomic E-state index is 0.324. The van der Waals surface area contributed by atoms with Gasteiger partial charge in [0.25, 0.3) is 0 Å². The van der Waals surface area contributed by atoms with Gasteiger partial charge in [-0.2, -0.15) is 0 Å². The Balaban J connectivity index is 2.75. The van der Waals surface area contributed by atoms with E-state index in [4.69, 9.17) is 15.3 Å². The second kappa shape index (κ2) is 5.32. The predicted octanol–water partition coefficient (Wildman–Crippen LogP) is 2.66. The van der Waals surface area contributed by atoms with Gasteiger partial charge >= 0.3 is 0 Å². The van der Waals surface area contributed by atoms with Crippen molar-refractivity contribution in [1.29, 1.82) is 0 Å². The molecule has 0 unspecified atom stereocenters. The van der Waals surface area contributed by atoms with Crippen LogP contribution < -0.4 is 20.7 Å². The third-order valence-electron chi connectivity index (χ3n) is 3.08. The van der Waals surface area contributed by atoms with E-state index in [2.05, 4.69) is 24.3 Å². The van der Waals surface area contributed by atoms with E-state index in [1.807, 2.05) is 18.2 Å². The molecule has 1 aromatic heterocycles. The smallest absolute Gasteiger partial charge is 0.162 e. The average Bonchev–Trinajstić information content (AvgIpc) is 2.44. The first-order chi connectivity index (χ1) is 9.10. The Morgan fingerprint density at radius 2 is 1.74 bits per heavy atom. The SMILES string of the molecule is COc1cc2nc(C(C)C)cc(NN)c2cc1OC. The zero-order valence-corrected chi connectivity index (χ0v) is 11.7. The molecular weight excluding hydrogens is 242 g/mol. The van der Waals surface area contributed by atoms with Crippen molar-refractivity contribution >= 4 is 16.6 Å². The number of nitrogens with zero attached hydrogens (tertiary/aromatic N) is 1. The van der Waals surface area contributed by atoms with Crippen molar-refractivity contribution in [1.82, 2.24) is 4.98 Å². The minimum Gasteiger partial charge on any atom is -0.493 e. The Labute approximate surface area is 112 Å². The van der Waals surface area contributed by atoms with Gasteiger partial charge in [-0.1, -0.05) is 13.8 Å². The van der Waals surface area contributed by atoms with Gasteiger partial charge in [-0.05, 0) is 18.1 Å². The van der Waals surface area contributed by atoms with Crippen LogP contribution in [-0.4, -0.2) is 19.2 Å². The van der Waals surface area contributed by atoms with Gasteiger partial charge < -0.3 is 14.9 Å². The number of nitrogens with two attached hydrogens (primary N) is 1. The van der Waals surface area contributed by atoms with Crippen LogP contribution in [0, 0.1) is 0 Å². The molecule has 0 spiro atoms.